The average Bonchev–Trinajstić information content (AvgIpc) is 3.15. The molecule has 3 heterocycles. The fraction of sp³-hybridized carbons (Fsp3) is 0.578. The number of nitrogens with zero attached hydrogens (tertiary/aromatic N) is 1. The van der Waals surface area contributed by atoms with Gasteiger partial charge in [0.15, 0.2) is 0 Å². The fourth-order valence-electron chi connectivity index (χ4n) is 7.65. The van der Waals surface area contributed by atoms with Gasteiger partial charge in [0, 0.05) is 46.3 Å². The van der Waals surface area contributed by atoms with Gasteiger partial charge in [-0.1, -0.05) is 78.6 Å². The standard InChI is InChI=1S/C18H27ClN2O2.2C13H19ClN2.CH4/c1-18(2,3)23-17(22)21-9-5-7-14(12-21)16(20)11-13-6-4-8-15(19)10-13;2*14-12-5-1-3-10(7-12)8-13(15)11-4-2-6-16-9-11;/h4,6,8,10,14,16H,5,7,9,11-12,20H2,1-3H3;2*1,3,5,7,11,13,16H,2,4,6,8-9,15H2;1H4. The maximum atomic E-state index is 12.2. The van der Waals surface area contributed by atoms with Gasteiger partial charge in [-0.15, -0.1) is 0 Å². The van der Waals surface area contributed by atoms with E-state index in [0.29, 0.717) is 18.4 Å². The summed E-state index contributed by atoms with van der Waals surface area (Å²) in [5, 5.41) is 9.14. The molecule has 3 aromatic carbocycles. The normalized spacial score (nSPS) is 21.4. The molecule has 8 nitrogen and oxygen atoms in total. The van der Waals surface area contributed by atoms with Crippen molar-refractivity contribution < 1.29 is 9.53 Å². The third-order valence-corrected chi connectivity index (χ3v) is 11.4. The summed E-state index contributed by atoms with van der Waals surface area (Å²) in [5.41, 5.74) is 22.0. The van der Waals surface area contributed by atoms with E-state index in [-0.39, 0.29) is 37.6 Å². The van der Waals surface area contributed by atoms with E-state index in [1.807, 2.05) is 81.4 Å². The average molecular weight is 832 g/mol. The van der Waals surface area contributed by atoms with Crippen molar-refractivity contribution >= 4 is 40.9 Å². The van der Waals surface area contributed by atoms with E-state index in [4.69, 9.17) is 56.7 Å². The van der Waals surface area contributed by atoms with E-state index in [1.54, 1.807) is 4.90 Å². The Morgan fingerprint density at radius 1 is 0.696 bits per heavy atom. The van der Waals surface area contributed by atoms with Crippen molar-refractivity contribution in [2.45, 2.75) is 110 Å². The monoisotopic (exact) mass is 830 g/mol. The second-order valence-electron chi connectivity index (χ2n) is 16.5. The lowest BCUT2D eigenvalue weighted by molar-refractivity contribution is 0.0153. The number of amides is 1. The van der Waals surface area contributed by atoms with Gasteiger partial charge in [0.05, 0.1) is 0 Å². The lowest BCUT2D eigenvalue weighted by Crippen LogP contribution is -2.48. The molecule has 3 fully saturated rings. The van der Waals surface area contributed by atoms with Crippen molar-refractivity contribution in [1.29, 1.82) is 0 Å². The summed E-state index contributed by atoms with van der Waals surface area (Å²) in [5.74, 6) is 1.50. The van der Waals surface area contributed by atoms with Gasteiger partial charge in [0.2, 0.25) is 0 Å². The van der Waals surface area contributed by atoms with Gasteiger partial charge >= 0.3 is 6.09 Å². The second kappa shape index (κ2) is 24.5. The SMILES string of the molecule is C.CC(C)(C)OC(=O)N1CCCC(C(N)Cc2cccc(Cl)c2)C1.NC(Cc1cccc(Cl)c1)C1CCCNC1.NC(Cc1cccc(Cl)c1)C1CCCNC1. The maximum Gasteiger partial charge on any atom is 0.410 e. The molecule has 6 rings (SSSR count). The highest BCUT2D eigenvalue weighted by molar-refractivity contribution is 6.31. The molecule has 3 aliphatic heterocycles. The Hall–Kier alpha value is -2.40. The molecule has 6 atom stereocenters. The minimum Gasteiger partial charge on any atom is -0.444 e. The molecule has 0 saturated carbocycles. The first-order valence-electron chi connectivity index (χ1n) is 20.1. The third-order valence-electron chi connectivity index (χ3n) is 10.7. The van der Waals surface area contributed by atoms with E-state index >= 15 is 0 Å². The smallest absolute Gasteiger partial charge is 0.410 e. The largest absolute Gasteiger partial charge is 0.444 e. The number of piperidine rings is 3. The molecule has 0 spiro atoms. The number of nitrogens with one attached hydrogen (secondary N) is 2. The zero-order valence-corrected chi connectivity index (χ0v) is 35.4. The van der Waals surface area contributed by atoms with Crippen molar-refractivity contribution in [2.24, 2.45) is 35.0 Å². The highest BCUT2D eigenvalue weighted by Gasteiger charge is 2.30. The molecule has 0 aliphatic carbocycles. The summed E-state index contributed by atoms with van der Waals surface area (Å²) in [6, 6.07) is 24.3. The highest BCUT2D eigenvalue weighted by atomic mass is 35.5. The molecular formula is C45H69Cl3N6O2. The van der Waals surface area contributed by atoms with Crippen LogP contribution in [0, 0.1) is 17.8 Å². The molecule has 0 aromatic heterocycles. The van der Waals surface area contributed by atoms with Gasteiger partial charge in [-0.3, -0.25) is 0 Å². The van der Waals surface area contributed by atoms with Gasteiger partial charge in [0.25, 0.3) is 0 Å². The fourth-order valence-corrected chi connectivity index (χ4v) is 8.29. The summed E-state index contributed by atoms with van der Waals surface area (Å²) in [6.45, 7) is 11.5. The Labute approximate surface area is 352 Å². The number of benzene rings is 3. The number of carbonyl (C=O) groups excluding carboxylic acids is 1. The van der Waals surface area contributed by atoms with Crippen molar-refractivity contribution in [3.05, 3.63) is 105 Å². The van der Waals surface area contributed by atoms with Crippen LogP contribution in [-0.4, -0.2) is 74.0 Å². The van der Waals surface area contributed by atoms with Gasteiger partial charge in [-0.2, -0.15) is 0 Å². The molecule has 0 radical (unpaired) electrons. The molecule has 312 valence electrons. The Morgan fingerprint density at radius 2 is 1.09 bits per heavy atom. The number of ether oxygens (including phenoxy) is 1. The first-order valence-corrected chi connectivity index (χ1v) is 21.3. The number of likely N-dealkylation sites (tertiary alicyclic amines) is 1. The molecule has 3 saturated heterocycles. The first kappa shape index (κ1) is 48.0. The third kappa shape index (κ3) is 17.6. The van der Waals surface area contributed by atoms with Crippen LogP contribution in [0.4, 0.5) is 4.79 Å². The number of hydrogen-bond donors (Lipinski definition) is 5. The van der Waals surface area contributed by atoms with E-state index in [9.17, 15) is 4.79 Å². The van der Waals surface area contributed by atoms with E-state index < -0.39 is 5.60 Å². The molecule has 0 bridgehead atoms. The Morgan fingerprint density at radius 3 is 1.45 bits per heavy atom. The predicted molar refractivity (Wildman–Crippen MR) is 238 cm³/mol. The van der Waals surface area contributed by atoms with Crippen LogP contribution in [0.2, 0.25) is 15.1 Å². The van der Waals surface area contributed by atoms with Crippen LogP contribution in [0.5, 0.6) is 0 Å². The Kier molecular flexibility index (Phi) is 21.0. The summed E-state index contributed by atoms with van der Waals surface area (Å²) in [6.07, 6.45) is 9.37. The van der Waals surface area contributed by atoms with Crippen molar-refractivity contribution in [2.75, 3.05) is 39.3 Å². The topological polar surface area (TPSA) is 132 Å². The summed E-state index contributed by atoms with van der Waals surface area (Å²) < 4.78 is 5.47. The van der Waals surface area contributed by atoms with Crippen molar-refractivity contribution in [3.8, 4) is 0 Å². The van der Waals surface area contributed by atoms with Gasteiger partial charge in [-0.25, -0.2) is 4.79 Å². The van der Waals surface area contributed by atoms with Crippen molar-refractivity contribution in [3.63, 3.8) is 0 Å². The maximum absolute atomic E-state index is 12.2. The van der Waals surface area contributed by atoms with Crippen LogP contribution < -0.4 is 27.8 Å². The number of hydrogen-bond acceptors (Lipinski definition) is 7. The molecule has 11 heteroatoms. The molecule has 1 amide bonds. The van der Waals surface area contributed by atoms with Gasteiger partial charge in [0.1, 0.15) is 5.60 Å². The first-order chi connectivity index (χ1) is 26.3. The van der Waals surface area contributed by atoms with Crippen LogP contribution in [0.3, 0.4) is 0 Å². The summed E-state index contributed by atoms with van der Waals surface area (Å²) in [7, 11) is 0. The second-order valence-corrected chi connectivity index (χ2v) is 17.8. The van der Waals surface area contributed by atoms with Crippen LogP contribution in [-0.2, 0) is 24.0 Å². The summed E-state index contributed by atoms with van der Waals surface area (Å²) in [4.78, 5) is 14.0. The number of halogens is 3. The Bertz CT molecular complexity index is 1510. The molecule has 6 unspecified atom stereocenters. The van der Waals surface area contributed by atoms with Crippen LogP contribution >= 0.6 is 34.8 Å². The Balaban J connectivity index is 0.000000229. The van der Waals surface area contributed by atoms with Crippen LogP contribution in [0.1, 0.15) is 83.4 Å². The number of nitrogens with two attached hydrogens (primary N) is 3. The molecule has 8 N–H and O–H groups in total. The predicted octanol–water partition coefficient (Wildman–Crippen LogP) is 8.91. The van der Waals surface area contributed by atoms with E-state index in [0.717, 1.165) is 85.5 Å². The van der Waals surface area contributed by atoms with E-state index in [2.05, 4.69) is 22.8 Å². The quantitative estimate of drug-likeness (QED) is 0.146. The highest BCUT2D eigenvalue weighted by Crippen LogP contribution is 2.24. The zero-order chi connectivity index (χ0) is 39.8. The molecular weight excluding hydrogens is 763 g/mol. The number of rotatable bonds is 9. The molecule has 3 aromatic rings. The van der Waals surface area contributed by atoms with Crippen LogP contribution in [0.25, 0.3) is 0 Å². The van der Waals surface area contributed by atoms with Crippen LogP contribution in [0.15, 0.2) is 72.8 Å². The lowest BCUT2D eigenvalue weighted by Gasteiger charge is -2.36. The molecule has 56 heavy (non-hydrogen) atoms. The minimum atomic E-state index is -0.465. The van der Waals surface area contributed by atoms with Gasteiger partial charge in [-0.05, 0) is 176 Å². The lowest BCUT2D eigenvalue weighted by atomic mass is 9.88. The zero-order valence-electron chi connectivity index (χ0n) is 33.1. The molecule has 3 aliphatic rings. The van der Waals surface area contributed by atoms with Gasteiger partial charge < -0.3 is 37.5 Å². The summed E-state index contributed by atoms with van der Waals surface area (Å²) >= 11 is 18.0. The number of carbonyl (C=O) groups is 1. The van der Waals surface area contributed by atoms with Crippen molar-refractivity contribution in [1.82, 2.24) is 15.5 Å². The minimum absolute atomic E-state index is 0. The van der Waals surface area contributed by atoms with E-state index in [1.165, 1.54) is 36.8 Å².